The van der Waals surface area contributed by atoms with Gasteiger partial charge in [0.15, 0.2) is 5.82 Å². The Morgan fingerprint density at radius 1 is 1.41 bits per heavy atom. The smallest absolute Gasteiger partial charge is 0.236 e. The van der Waals surface area contributed by atoms with Crippen molar-refractivity contribution in [3.8, 4) is 0 Å². The number of nitrogens with one attached hydrogen (secondary N) is 1. The van der Waals surface area contributed by atoms with Crippen LogP contribution in [0.3, 0.4) is 0 Å². The van der Waals surface area contributed by atoms with Crippen LogP contribution in [0.1, 0.15) is 11.7 Å². The van der Waals surface area contributed by atoms with Crippen molar-refractivity contribution in [1.29, 1.82) is 0 Å². The number of hydrogen-bond donors (Lipinski definition) is 1. The second-order valence-corrected chi connectivity index (χ2v) is 3.90. The normalized spacial score (nSPS) is 10.2. The van der Waals surface area contributed by atoms with Crippen LogP contribution >= 0.6 is 11.6 Å². The molecule has 0 saturated heterocycles. The first-order chi connectivity index (χ1) is 8.13. The number of benzene rings is 1. The maximum absolute atomic E-state index is 11.6. The van der Waals surface area contributed by atoms with Gasteiger partial charge in [0.05, 0.1) is 0 Å². The minimum atomic E-state index is -0.212. The number of hydrogen-bond acceptors (Lipinski definition) is 4. The molecule has 1 N–H and O–H groups in total. The van der Waals surface area contributed by atoms with Gasteiger partial charge in [0.2, 0.25) is 11.8 Å². The van der Waals surface area contributed by atoms with E-state index in [4.69, 9.17) is 16.1 Å². The minimum Gasteiger partial charge on any atom is -0.339 e. The lowest BCUT2D eigenvalue weighted by Gasteiger charge is -2.02. The van der Waals surface area contributed by atoms with Gasteiger partial charge in [0.1, 0.15) is 6.42 Å². The SMILES string of the molecule is Cc1noc(CC(=O)Nc2ccc(Cl)cc2)n1. The van der Waals surface area contributed by atoms with Crippen molar-refractivity contribution in [2.45, 2.75) is 13.3 Å². The second-order valence-electron chi connectivity index (χ2n) is 3.47. The third-order valence-electron chi connectivity index (χ3n) is 2.01. The highest BCUT2D eigenvalue weighted by Crippen LogP contribution is 2.13. The van der Waals surface area contributed by atoms with Crippen LogP contribution < -0.4 is 5.32 Å². The molecule has 1 aromatic carbocycles. The summed E-state index contributed by atoms with van der Waals surface area (Å²) in [5.41, 5.74) is 0.677. The molecule has 0 atom stereocenters. The van der Waals surface area contributed by atoms with Crippen LogP contribution in [-0.4, -0.2) is 16.0 Å². The highest BCUT2D eigenvalue weighted by molar-refractivity contribution is 6.30. The molecule has 1 heterocycles. The summed E-state index contributed by atoms with van der Waals surface area (Å²) >= 11 is 5.73. The van der Waals surface area contributed by atoms with Crippen molar-refractivity contribution < 1.29 is 9.32 Å². The Kier molecular flexibility index (Phi) is 3.39. The third kappa shape index (κ3) is 3.29. The monoisotopic (exact) mass is 251 g/mol. The number of amides is 1. The van der Waals surface area contributed by atoms with Crippen molar-refractivity contribution in [2.24, 2.45) is 0 Å². The van der Waals surface area contributed by atoms with E-state index in [1.807, 2.05) is 0 Å². The van der Waals surface area contributed by atoms with Crippen molar-refractivity contribution in [1.82, 2.24) is 10.1 Å². The lowest BCUT2D eigenvalue weighted by atomic mass is 10.3. The van der Waals surface area contributed by atoms with Crippen LogP contribution in [0.25, 0.3) is 0 Å². The van der Waals surface area contributed by atoms with Gasteiger partial charge in [-0.15, -0.1) is 0 Å². The Labute approximate surface area is 103 Å². The van der Waals surface area contributed by atoms with Gasteiger partial charge < -0.3 is 9.84 Å². The fraction of sp³-hybridized carbons (Fsp3) is 0.182. The van der Waals surface area contributed by atoms with E-state index in [-0.39, 0.29) is 12.3 Å². The molecule has 5 nitrogen and oxygen atoms in total. The zero-order valence-corrected chi connectivity index (χ0v) is 9.86. The van der Waals surface area contributed by atoms with Gasteiger partial charge in [-0.05, 0) is 31.2 Å². The lowest BCUT2D eigenvalue weighted by Crippen LogP contribution is -2.14. The molecule has 0 aliphatic rings. The van der Waals surface area contributed by atoms with Gasteiger partial charge in [-0.25, -0.2) is 0 Å². The van der Waals surface area contributed by atoms with Crippen molar-refractivity contribution in [2.75, 3.05) is 5.32 Å². The minimum absolute atomic E-state index is 0.0590. The van der Waals surface area contributed by atoms with Gasteiger partial charge in [-0.1, -0.05) is 16.8 Å². The Hall–Kier alpha value is -1.88. The number of nitrogens with zero attached hydrogens (tertiary/aromatic N) is 2. The van der Waals surface area contributed by atoms with Gasteiger partial charge in [-0.2, -0.15) is 4.98 Å². The number of carbonyl (C=O) groups is 1. The van der Waals surface area contributed by atoms with Gasteiger partial charge in [0.25, 0.3) is 0 Å². The fourth-order valence-electron chi connectivity index (χ4n) is 1.29. The number of aromatic nitrogens is 2. The average molecular weight is 252 g/mol. The zero-order valence-electron chi connectivity index (χ0n) is 9.11. The molecule has 0 unspecified atom stereocenters. The van der Waals surface area contributed by atoms with E-state index in [0.29, 0.717) is 22.4 Å². The van der Waals surface area contributed by atoms with E-state index in [2.05, 4.69) is 15.5 Å². The van der Waals surface area contributed by atoms with E-state index in [0.717, 1.165) is 0 Å². The molecule has 6 heteroatoms. The number of anilines is 1. The third-order valence-corrected chi connectivity index (χ3v) is 2.26. The molecule has 1 amide bonds. The Balaban J connectivity index is 1.95. The highest BCUT2D eigenvalue weighted by Gasteiger charge is 2.09. The molecule has 0 fully saturated rings. The van der Waals surface area contributed by atoms with E-state index >= 15 is 0 Å². The van der Waals surface area contributed by atoms with Crippen LogP contribution in [0.5, 0.6) is 0 Å². The number of aryl methyl sites for hydroxylation is 1. The maximum atomic E-state index is 11.6. The highest BCUT2D eigenvalue weighted by atomic mass is 35.5. The molecule has 17 heavy (non-hydrogen) atoms. The molecule has 0 bridgehead atoms. The summed E-state index contributed by atoms with van der Waals surface area (Å²) in [6.45, 7) is 1.70. The number of rotatable bonds is 3. The Morgan fingerprint density at radius 2 is 2.12 bits per heavy atom. The summed E-state index contributed by atoms with van der Waals surface area (Å²) in [5, 5.41) is 6.93. The number of halogens is 1. The van der Waals surface area contributed by atoms with E-state index < -0.39 is 0 Å². The Morgan fingerprint density at radius 3 is 2.71 bits per heavy atom. The van der Waals surface area contributed by atoms with Crippen molar-refractivity contribution >= 4 is 23.2 Å². The molecule has 0 aliphatic heterocycles. The van der Waals surface area contributed by atoms with E-state index in [1.54, 1.807) is 31.2 Å². The van der Waals surface area contributed by atoms with Crippen LogP contribution in [-0.2, 0) is 11.2 Å². The first-order valence-electron chi connectivity index (χ1n) is 4.98. The average Bonchev–Trinajstić information content (AvgIpc) is 2.67. The molecule has 88 valence electrons. The van der Waals surface area contributed by atoms with Crippen molar-refractivity contribution in [3.63, 3.8) is 0 Å². The molecule has 2 aromatic rings. The van der Waals surface area contributed by atoms with Gasteiger partial charge >= 0.3 is 0 Å². The molecule has 0 radical (unpaired) electrons. The Bertz CT molecular complexity index is 522. The quantitative estimate of drug-likeness (QED) is 0.908. The molecule has 0 saturated carbocycles. The predicted molar refractivity (Wildman–Crippen MR) is 62.8 cm³/mol. The summed E-state index contributed by atoms with van der Waals surface area (Å²) in [6.07, 6.45) is 0.0590. The fourth-order valence-corrected chi connectivity index (χ4v) is 1.41. The van der Waals surface area contributed by atoms with Gasteiger partial charge in [-0.3, -0.25) is 4.79 Å². The van der Waals surface area contributed by atoms with Crippen LogP contribution in [0, 0.1) is 6.92 Å². The van der Waals surface area contributed by atoms with Crippen LogP contribution in [0.2, 0.25) is 5.02 Å². The maximum Gasteiger partial charge on any atom is 0.236 e. The van der Waals surface area contributed by atoms with Crippen LogP contribution in [0.15, 0.2) is 28.8 Å². The first kappa shape index (κ1) is 11.6. The summed E-state index contributed by atoms with van der Waals surface area (Å²) in [4.78, 5) is 15.6. The summed E-state index contributed by atoms with van der Waals surface area (Å²) in [6, 6.07) is 6.85. The lowest BCUT2D eigenvalue weighted by molar-refractivity contribution is -0.115. The summed E-state index contributed by atoms with van der Waals surface area (Å²) < 4.78 is 4.85. The topological polar surface area (TPSA) is 68.0 Å². The predicted octanol–water partition coefficient (Wildman–Crippen LogP) is 2.21. The first-order valence-corrected chi connectivity index (χ1v) is 5.36. The van der Waals surface area contributed by atoms with Crippen molar-refractivity contribution in [3.05, 3.63) is 41.0 Å². The number of carbonyl (C=O) groups excluding carboxylic acids is 1. The molecule has 0 spiro atoms. The second kappa shape index (κ2) is 4.97. The summed E-state index contributed by atoms with van der Waals surface area (Å²) in [5.74, 6) is 0.601. The summed E-state index contributed by atoms with van der Waals surface area (Å²) in [7, 11) is 0. The van der Waals surface area contributed by atoms with E-state index in [9.17, 15) is 4.79 Å². The molecule has 1 aromatic heterocycles. The molecule has 2 rings (SSSR count). The zero-order chi connectivity index (χ0) is 12.3. The molecule has 0 aliphatic carbocycles. The largest absolute Gasteiger partial charge is 0.339 e. The molecular formula is C11H10ClN3O2. The molecular weight excluding hydrogens is 242 g/mol. The standard InChI is InChI=1S/C11H10ClN3O2/c1-7-13-11(17-15-7)6-10(16)14-9-4-2-8(12)3-5-9/h2-5H,6H2,1H3,(H,14,16). The van der Waals surface area contributed by atoms with Gasteiger partial charge in [0, 0.05) is 10.7 Å². The van der Waals surface area contributed by atoms with E-state index in [1.165, 1.54) is 0 Å². The van der Waals surface area contributed by atoms with Crippen LogP contribution in [0.4, 0.5) is 5.69 Å².